The molecule has 1 fully saturated rings. The minimum absolute atomic E-state index is 0. The molecule has 1 atom stereocenters. The van der Waals surface area contributed by atoms with E-state index in [2.05, 4.69) is 48.5 Å². The van der Waals surface area contributed by atoms with Crippen molar-refractivity contribution in [1.29, 1.82) is 0 Å². The van der Waals surface area contributed by atoms with Gasteiger partial charge in [0.05, 0.1) is 4.47 Å². The summed E-state index contributed by atoms with van der Waals surface area (Å²) >= 11 is 3.46. The van der Waals surface area contributed by atoms with Crippen LogP contribution in [-0.2, 0) is 0 Å². The Morgan fingerprint density at radius 1 is 1.17 bits per heavy atom. The molecule has 1 aromatic rings. The Morgan fingerprint density at radius 3 is 2.30 bits per heavy atom. The van der Waals surface area contributed by atoms with Gasteiger partial charge in [-0.05, 0) is 75.0 Å². The molecule has 0 aliphatic carbocycles. The first-order valence-electron chi connectivity index (χ1n) is 8.05. The zero-order chi connectivity index (χ0) is 16.4. The lowest BCUT2D eigenvalue weighted by Gasteiger charge is -2.53. The van der Waals surface area contributed by atoms with Crippen LogP contribution in [0.25, 0.3) is 0 Å². The monoisotopic (exact) mass is 404 g/mol. The Kier molecular flexibility index (Phi) is 7.39. The van der Waals surface area contributed by atoms with Gasteiger partial charge in [0.15, 0.2) is 0 Å². The summed E-state index contributed by atoms with van der Waals surface area (Å²) in [5.74, 6) is 0.777. The number of hydrogen-bond acceptors (Lipinski definition) is 3. The van der Waals surface area contributed by atoms with Gasteiger partial charge in [-0.2, -0.15) is 0 Å². The number of β-amino-alcohol motifs (C(OH)–C–C–N with tert-alkyl or cyclic N) is 1. The van der Waals surface area contributed by atoms with Gasteiger partial charge in [-0.3, -0.25) is 4.90 Å². The van der Waals surface area contributed by atoms with Crippen molar-refractivity contribution in [3.05, 3.63) is 28.7 Å². The highest BCUT2D eigenvalue weighted by atomic mass is 79.9. The predicted molar refractivity (Wildman–Crippen MR) is 94.4 cm³/mol. The van der Waals surface area contributed by atoms with Crippen LogP contribution in [0.2, 0.25) is 0 Å². The van der Waals surface area contributed by atoms with Crippen LogP contribution >= 0.6 is 15.9 Å². The summed E-state index contributed by atoms with van der Waals surface area (Å²) < 4.78 is 6.67. The molecule has 0 aromatic heterocycles. The molecule has 3 nitrogen and oxygen atoms in total. The first-order valence-corrected chi connectivity index (χ1v) is 8.85. The number of ether oxygens (including phenoxy) is 1. The lowest BCUT2D eigenvalue weighted by molar-refractivity contribution is -0.0607. The molecular weight excluding hydrogens is 378 g/mol. The smallest absolute Gasteiger partial charge is 0.133 e. The molecule has 1 heterocycles. The highest BCUT2D eigenvalue weighted by molar-refractivity contribution is 9.10. The minimum Gasteiger partial charge on any atom is -1.00 e. The molecule has 0 saturated carbocycles. The zero-order valence-corrected chi connectivity index (χ0v) is 16.8. The summed E-state index contributed by atoms with van der Waals surface area (Å²) in [6.07, 6.45) is 3.10. The number of likely N-dealkylation sites (tertiary alicyclic amines) is 1. The van der Waals surface area contributed by atoms with Gasteiger partial charge in [0, 0.05) is 17.6 Å². The summed E-state index contributed by atoms with van der Waals surface area (Å²) in [6, 6.07) is 7.74. The standard InChI is InChI=1S/C18H28BrNO2.ClH/c1-17(2)10-7-11-18(3,4)20(17)12-14(21)13-22-16-9-6-5-8-15(16)19;/h5-6,8-9,14,21H,7,10-13H2,1-4H3;1H/p-1. The number of aliphatic hydroxyl groups is 1. The van der Waals surface area contributed by atoms with E-state index in [9.17, 15) is 5.11 Å². The number of rotatable bonds is 5. The molecule has 1 N–H and O–H groups in total. The number of benzene rings is 1. The summed E-state index contributed by atoms with van der Waals surface area (Å²) in [5.41, 5.74) is 0.242. The van der Waals surface area contributed by atoms with Crippen LogP contribution < -0.4 is 17.1 Å². The Labute approximate surface area is 154 Å². The van der Waals surface area contributed by atoms with Crippen molar-refractivity contribution in [2.75, 3.05) is 13.2 Å². The van der Waals surface area contributed by atoms with Gasteiger partial charge >= 0.3 is 0 Å². The predicted octanol–water partition coefficient (Wildman–Crippen LogP) is 1.24. The van der Waals surface area contributed by atoms with Crippen LogP contribution in [0.5, 0.6) is 5.75 Å². The molecule has 0 amide bonds. The minimum atomic E-state index is -0.497. The summed E-state index contributed by atoms with van der Waals surface area (Å²) in [5, 5.41) is 10.4. The topological polar surface area (TPSA) is 32.7 Å². The molecule has 0 spiro atoms. The number of halogens is 2. The van der Waals surface area contributed by atoms with Gasteiger partial charge in [-0.25, -0.2) is 0 Å². The first kappa shape index (κ1) is 20.8. The number of para-hydroxylation sites is 1. The SMILES string of the molecule is CC1(C)CCCC(C)(C)N1CC(O)COc1ccccc1Br.[Cl-]. The van der Waals surface area contributed by atoms with E-state index in [1.165, 1.54) is 19.3 Å². The third-order valence-corrected chi connectivity index (χ3v) is 5.35. The van der Waals surface area contributed by atoms with Crippen LogP contribution in [0.15, 0.2) is 28.7 Å². The average Bonchev–Trinajstić information content (AvgIpc) is 2.42. The highest BCUT2D eigenvalue weighted by Gasteiger charge is 2.41. The van der Waals surface area contributed by atoms with Gasteiger partial charge in [-0.1, -0.05) is 12.1 Å². The molecule has 0 bridgehead atoms. The van der Waals surface area contributed by atoms with Crippen molar-refractivity contribution >= 4 is 15.9 Å². The molecule has 23 heavy (non-hydrogen) atoms. The highest BCUT2D eigenvalue weighted by Crippen LogP contribution is 2.38. The third-order valence-electron chi connectivity index (χ3n) is 4.70. The fraction of sp³-hybridized carbons (Fsp3) is 0.667. The van der Waals surface area contributed by atoms with Gasteiger partial charge < -0.3 is 22.3 Å². The molecule has 5 heteroatoms. The Hall–Kier alpha value is -0.290. The number of aliphatic hydroxyl groups excluding tert-OH is 1. The maximum absolute atomic E-state index is 10.4. The van der Waals surface area contributed by atoms with Gasteiger partial charge in [0.1, 0.15) is 18.5 Å². The molecule has 0 radical (unpaired) electrons. The van der Waals surface area contributed by atoms with Gasteiger partial charge in [-0.15, -0.1) is 0 Å². The Balaban J connectivity index is 0.00000264. The maximum atomic E-state index is 10.4. The Morgan fingerprint density at radius 2 is 1.74 bits per heavy atom. The van der Waals surface area contributed by atoms with Crippen molar-refractivity contribution < 1.29 is 22.3 Å². The third kappa shape index (κ3) is 5.35. The van der Waals surface area contributed by atoms with E-state index in [-0.39, 0.29) is 23.5 Å². The van der Waals surface area contributed by atoms with E-state index in [0.717, 1.165) is 10.2 Å². The number of hydrogen-bond donors (Lipinski definition) is 1. The summed E-state index contributed by atoms with van der Waals surface area (Å²) in [7, 11) is 0. The normalized spacial score (nSPS) is 21.3. The van der Waals surface area contributed by atoms with Crippen LogP contribution in [0.1, 0.15) is 47.0 Å². The fourth-order valence-corrected chi connectivity index (χ4v) is 3.95. The van der Waals surface area contributed by atoms with Crippen LogP contribution in [-0.4, -0.2) is 40.3 Å². The van der Waals surface area contributed by atoms with E-state index < -0.39 is 6.10 Å². The second-order valence-corrected chi connectivity index (χ2v) is 8.34. The molecule has 1 aliphatic heterocycles. The van der Waals surface area contributed by atoms with Crippen molar-refractivity contribution in [3.63, 3.8) is 0 Å². The van der Waals surface area contributed by atoms with E-state index in [4.69, 9.17) is 4.74 Å². The summed E-state index contributed by atoms with van der Waals surface area (Å²) in [6.45, 7) is 10.0. The van der Waals surface area contributed by atoms with Gasteiger partial charge in [0.25, 0.3) is 0 Å². The second kappa shape index (κ2) is 8.19. The Bertz CT molecular complexity index is 492. The fourth-order valence-electron chi connectivity index (χ4n) is 3.55. The van der Waals surface area contributed by atoms with Crippen LogP contribution in [0, 0.1) is 0 Å². The zero-order valence-electron chi connectivity index (χ0n) is 14.5. The molecule has 1 saturated heterocycles. The molecular formula is C18H28BrClNO2-. The number of piperidine rings is 1. The van der Waals surface area contributed by atoms with Crippen LogP contribution in [0.4, 0.5) is 0 Å². The van der Waals surface area contributed by atoms with Crippen molar-refractivity contribution in [3.8, 4) is 5.75 Å². The average molecular weight is 406 g/mol. The van der Waals surface area contributed by atoms with Crippen LogP contribution in [0.3, 0.4) is 0 Å². The van der Waals surface area contributed by atoms with Crippen molar-refractivity contribution in [2.45, 2.75) is 64.1 Å². The van der Waals surface area contributed by atoms with E-state index >= 15 is 0 Å². The summed E-state index contributed by atoms with van der Waals surface area (Å²) in [4.78, 5) is 2.44. The van der Waals surface area contributed by atoms with E-state index in [0.29, 0.717) is 13.2 Å². The number of nitrogens with zero attached hydrogens (tertiary/aromatic N) is 1. The van der Waals surface area contributed by atoms with Crippen molar-refractivity contribution in [2.24, 2.45) is 0 Å². The quantitative estimate of drug-likeness (QED) is 0.800. The van der Waals surface area contributed by atoms with E-state index in [1.807, 2.05) is 24.3 Å². The maximum Gasteiger partial charge on any atom is 0.133 e. The molecule has 2 rings (SSSR count). The lowest BCUT2D eigenvalue weighted by atomic mass is 9.79. The first-order chi connectivity index (χ1) is 10.2. The molecule has 1 aromatic carbocycles. The van der Waals surface area contributed by atoms with E-state index in [1.54, 1.807) is 0 Å². The van der Waals surface area contributed by atoms with Crippen molar-refractivity contribution in [1.82, 2.24) is 4.90 Å². The lowest BCUT2D eigenvalue weighted by Crippen LogP contribution is -3.00. The molecule has 1 aliphatic rings. The molecule has 132 valence electrons. The second-order valence-electron chi connectivity index (χ2n) is 7.48. The largest absolute Gasteiger partial charge is 1.00 e. The van der Waals surface area contributed by atoms with Gasteiger partial charge in [0.2, 0.25) is 0 Å². The molecule has 1 unspecified atom stereocenters.